The molecule has 0 aromatic heterocycles. The third-order valence-electron chi connectivity index (χ3n) is 5.47. The largest absolute Gasteiger partial charge is 0.491 e. The van der Waals surface area contributed by atoms with Gasteiger partial charge < -0.3 is 29.4 Å². The Kier molecular flexibility index (Phi) is 10.6. The zero-order valence-electron chi connectivity index (χ0n) is 21.1. The zero-order valence-corrected chi connectivity index (χ0v) is 21.1. The molecule has 0 heterocycles. The molecule has 0 aliphatic carbocycles. The number of rotatable bonds is 13. The molecule has 8 heteroatoms. The summed E-state index contributed by atoms with van der Waals surface area (Å²) >= 11 is 0. The molecule has 2 N–H and O–H groups in total. The zero-order chi connectivity index (χ0) is 26.6. The molecule has 0 amide bonds. The smallest absolute Gasteiger partial charge is 0.338 e. The highest BCUT2D eigenvalue weighted by Gasteiger charge is 2.14. The monoisotopic (exact) mass is 509 g/mol. The van der Waals surface area contributed by atoms with Gasteiger partial charge in [-0.25, -0.2) is 9.18 Å². The van der Waals surface area contributed by atoms with E-state index in [4.69, 9.17) is 18.9 Å². The minimum absolute atomic E-state index is 0.0676. The van der Waals surface area contributed by atoms with Crippen LogP contribution < -0.4 is 14.8 Å². The number of carbonyl (C=O) groups is 1. The van der Waals surface area contributed by atoms with Gasteiger partial charge in [0.1, 0.15) is 30.0 Å². The molecule has 0 aliphatic rings. The number of halogens is 1. The van der Waals surface area contributed by atoms with Crippen molar-refractivity contribution in [2.24, 2.45) is 0 Å². The maximum Gasteiger partial charge on any atom is 0.338 e. The van der Waals surface area contributed by atoms with Crippen LogP contribution in [0.3, 0.4) is 0 Å². The molecule has 3 aromatic carbocycles. The molecule has 3 rings (SSSR count). The van der Waals surface area contributed by atoms with E-state index in [2.05, 4.69) is 5.32 Å². The molecule has 0 aliphatic heterocycles. The van der Waals surface area contributed by atoms with Gasteiger partial charge in [-0.1, -0.05) is 36.4 Å². The molecule has 37 heavy (non-hydrogen) atoms. The maximum absolute atomic E-state index is 13.6. The average Bonchev–Trinajstić information content (AvgIpc) is 2.92. The molecule has 0 bridgehead atoms. The summed E-state index contributed by atoms with van der Waals surface area (Å²) in [5.74, 6) is 0.408. The van der Waals surface area contributed by atoms with Crippen molar-refractivity contribution in [1.82, 2.24) is 5.32 Å². The van der Waals surface area contributed by atoms with Crippen molar-refractivity contribution >= 4 is 17.6 Å². The Morgan fingerprint density at radius 1 is 1.00 bits per heavy atom. The van der Waals surface area contributed by atoms with Gasteiger partial charge in [-0.05, 0) is 66.1 Å². The minimum atomic E-state index is -0.763. The highest BCUT2D eigenvalue weighted by Crippen LogP contribution is 2.23. The second-order valence-corrected chi connectivity index (χ2v) is 8.30. The predicted molar refractivity (Wildman–Crippen MR) is 140 cm³/mol. The highest BCUT2D eigenvalue weighted by atomic mass is 19.1. The number of esters is 1. The fourth-order valence-electron chi connectivity index (χ4n) is 3.47. The Balaban J connectivity index is 1.52. The maximum atomic E-state index is 13.6. The van der Waals surface area contributed by atoms with E-state index in [1.807, 2.05) is 30.3 Å². The Labute approximate surface area is 216 Å². The van der Waals surface area contributed by atoms with E-state index in [1.54, 1.807) is 56.5 Å². The van der Waals surface area contributed by atoms with E-state index in [9.17, 15) is 14.3 Å². The second kappa shape index (κ2) is 14.1. The Morgan fingerprint density at radius 3 is 2.38 bits per heavy atom. The summed E-state index contributed by atoms with van der Waals surface area (Å²) in [6.45, 7) is 2.39. The van der Waals surface area contributed by atoms with Crippen molar-refractivity contribution < 1.29 is 33.2 Å². The summed E-state index contributed by atoms with van der Waals surface area (Å²) in [7, 11) is 2.86. The number of benzene rings is 3. The lowest BCUT2D eigenvalue weighted by atomic mass is 10.0. The molecule has 0 spiro atoms. The SMILES string of the molecule is COC(=O)C(=Cc1ccc(F)c(C)c1)c1ccc(OCC(O)CNCC(OC)Oc2ccccc2)cc1. The number of methoxy groups -OCH3 is 2. The lowest BCUT2D eigenvalue weighted by molar-refractivity contribution is -0.133. The minimum Gasteiger partial charge on any atom is -0.491 e. The summed E-state index contributed by atoms with van der Waals surface area (Å²) in [4.78, 5) is 12.4. The number of nitrogens with one attached hydrogen (secondary N) is 1. The van der Waals surface area contributed by atoms with E-state index >= 15 is 0 Å². The fraction of sp³-hybridized carbons (Fsp3) is 0.276. The van der Waals surface area contributed by atoms with Crippen LogP contribution in [-0.4, -0.2) is 57.4 Å². The number of carbonyl (C=O) groups excluding carboxylic acids is 1. The number of hydrogen-bond donors (Lipinski definition) is 2. The van der Waals surface area contributed by atoms with E-state index in [1.165, 1.54) is 13.2 Å². The number of aliphatic hydroxyl groups is 1. The highest BCUT2D eigenvalue weighted by molar-refractivity contribution is 6.21. The van der Waals surface area contributed by atoms with E-state index in [0.29, 0.717) is 40.3 Å². The van der Waals surface area contributed by atoms with Crippen molar-refractivity contribution in [1.29, 1.82) is 0 Å². The van der Waals surface area contributed by atoms with Crippen molar-refractivity contribution in [3.63, 3.8) is 0 Å². The second-order valence-electron chi connectivity index (χ2n) is 8.30. The summed E-state index contributed by atoms with van der Waals surface area (Å²) in [6.07, 6.45) is 0.387. The molecule has 0 saturated carbocycles. The molecule has 7 nitrogen and oxygen atoms in total. The fourth-order valence-corrected chi connectivity index (χ4v) is 3.47. The first kappa shape index (κ1) is 27.9. The van der Waals surface area contributed by atoms with Crippen molar-refractivity contribution in [2.75, 3.05) is 33.9 Å². The Bertz CT molecular complexity index is 1170. The van der Waals surface area contributed by atoms with Crippen LogP contribution in [0.15, 0.2) is 72.8 Å². The standard InChI is InChI=1S/C29H32FNO6/c1-20-15-21(9-14-27(20)30)16-26(29(33)35-3)22-10-12-24(13-11-22)36-19-23(32)17-31-18-28(34-2)37-25-7-5-4-6-8-25/h4-16,23,28,31-32H,17-19H2,1-3H3. The van der Waals surface area contributed by atoms with Crippen molar-refractivity contribution in [3.05, 3.63) is 95.3 Å². The number of ether oxygens (including phenoxy) is 4. The molecule has 196 valence electrons. The van der Waals surface area contributed by atoms with Gasteiger partial charge in [-0.2, -0.15) is 0 Å². The number of para-hydroxylation sites is 1. The molecule has 2 unspecified atom stereocenters. The van der Waals surface area contributed by atoms with Crippen molar-refractivity contribution in [3.8, 4) is 11.5 Å². The summed E-state index contributed by atoms with van der Waals surface area (Å²) < 4.78 is 35.3. The first-order chi connectivity index (χ1) is 17.9. The molecule has 0 fully saturated rings. The van der Waals surface area contributed by atoms with E-state index in [-0.39, 0.29) is 19.0 Å². The van der Waals surface area contributed by atoms with Crippen LogP contribution in [0, 0.1) is 12.7 Å². The van der Waals surface area contributed by atoms with Gasteiger partial charge in [0.25, 0.3) is 0 Å². The van der Waals surface area contributed by atoms with Crippen LogP contribution in [-0.2, 0) is 14.3 Å². The van der Waals surface area contributed by atoms with E-state index < -0.39 is 18.4 Å². The van der Waals surface area contributed by atoms with Crippen LogP contribution >= 0.6 is 0 Å². The third kappa shape index (κ3) is 8.71. The molecular formula is C29H32FNO6. The van der Waals surface area contributed by atoms with Gasteiger partial charge in [0, 0.05) is 13.7 Å². The molecule has 0 saturated heterocycles. The molecular weight excluding hydrogens is 477 g/mol. The van der Waals surface area contributed by atoms with Gasteiger partial charge in [0.15, 0.2) is 0 Å². The van der Waals surface area contributed by atoms with Gasteiger partial charge in [-0.3, -0.25) is 0 Å². The summed E-state index contributed by atoms with van der Waals surface area (Å²) in [5, 5.41) is 13.4. The normalized spacial score (nSPS) is 13.1. The van der Waals surface area contributed by atoms with Crippen molar-refractivity contribution in [2.45, 2.75) is 19.3 Å². The Morgan fingerprint density at radius 2 is 1.73 bits per heavy atom. The van der Waals surface area contributed by atoms with Gasteiger partial charge in [-0.15, -0.1) is 0 Å². The molecule has 2 atom stereocenters. The van der Waals surface area contributed by atoms with Crippen LogP contribution in [0.1, 0.15) is 16.7 Å². The lowest BCUT2D eigenvalue weighted by Crippen LogP contribution is -2.38. The predicted octanol–water partition coefficient (Wildman–Crippen LogP) is 4.23. The quantitative estimate of drug-likeness (QED) is 0.154. The van der Waals surface area contributed by atoms with E-state index in [0.717, 1.165) is 0 Å². The summed E-state index contributed by atoms with van der Waals surface area (Å²) in [5.41, 5.74) is 2.11. The van der Waals surface area contributed by atoms with Crippen LogP contribution in [0.25, 0.3) is 11.6 Å². The first-order valence-corrected chi connectivity index (χ1v) is 11.8. The molecule has 0 radical (unpaired) electrons. The number of aliphatic hydroxyl groups excluding tert-OH is 1. The number of hydrogen-bond acceptors (Lipinski definition) is 7. The average molecular weight is 510 g/mol. The lowest BCUT2D eigenvalue weighted by Gasteiger charge is -2.19. The van der Waals surface area contributed by atoms with Crippen LogP contribution in [0.2, 0.25) is 0 Å². The van der Waals surface area contributed by atoms with Crippen LogP contribution in [0.4, 0.5) is 4.39 Å². The Hall–Kier alpha value is -3.72. The number of aryl methyl sites for hydroxylation is 1. The van der Waals surface area contributed by atoms with Gasteiger partial charge >= 0.3 is 5.97 Å². The topological polar surface area (TPSA) is 86.3 Å². The van der Waals surface area contributed by atoms with Gasteiger partial charge in [0.05, 0.1) is 19.2 Å². The van der Waals surface area contributed by atoms with Crippen LogP contribution in [0.5, 0.6) is 11.5 Å². The summed E-state index contributed by atoms with van der Waals surface area (Å²) in [6, 6.07) is 20.8. The molecule has 3 aromatic rings. The van der Waals surface area contributed by atoms with Gasteiger partial charge in [0.2, 0.25) is 6.29 Å². The first-order valence-electron chi connectivity index (χ1n) is 11.8. The third-order valence-corrected chi connectivity index (χ3v) is 5.47.